The normalized spacial score (nSPS) is 48.3. The summed E-state index contributed by atoms with van der Waals surface area (Å²) in [6.07, 6.45) is 6.80. The molecule has 0 aromatic carbocycles. The van der Waals surface area contributed by atoms with E-state index in [1.165, 1.54) is 12.8 Å². The number of carbonyl (C=O) groups is 1. The highest BCUT2D eigenvalue weighted by atomic mass is 16.6. The fourth-order valence-corrected chi connectivity index (χ4v) is 2.50. The van der Waals surface area contributed by atoms with Gasteiger partial charge >= 0.3 is 0 Å². The summed E-state index contributed by atoms with van der Waals surface area (Å²) in [6, 6.07) is 0. The maximum absolute atomic E-state index is 10.3. The predicted octanol–water partition coefficient (Wildman–Crippen LogP) is 2.31. The van der Waals surface area contributed by atoms with Crippen molar-refractivity contribution in [2.45, 2.75) is 57.7 Å². The Morgan fingerprint density at radius 2 is 2.23 bits per heavy atom. The maximum Gasteiger partial charge on any atom is 0.120 e. The van der Waals surface area contributed by atoms with Gasteiger partial charge in [0.1, 0.15) is 6.29 Å². The second-order valence-corrected chi connectivity index (χ2v) is 5.14. The van der Waals surface area contributed by atoms with E-state index in [-0.39, 0.29) is 5.60 Å². The van der Waals surface area contributed by atoms with Gasteiger partial charge in [-0.05, 0) is 38.0 Å². The van der Waals surface area contributed by atoms with Crippen molar-refractivity contribution >= 4 is 6.29 Å². The number of fused-ring (bicyclic) bond motifs is 1. The summed E-state index contributed by atoms with van der Waals surface area (Å²) < 4.78 is 5.65. The Morgan fingerprint density at radius 1 is 1.46 bits per heavy atom. The van der Waals surface area contributed by atoms with Gasteiger partial charge in [-0.1, -0.05) is 6.92 Å². The molecule has 2 heteroatoms. The van der Waals surface area contributed by atoms with Gasteiger partial charge in [0.05, 0.1) is 11.7 Å². The molecule has 0 N–H and O–H groups in total. The van der Waals surface area contributed by atoms with Crippen LogP contribution in [0, 0.1) is 5.41 Å². The number of aldehydes is 1. The summed E-state index contributed by atoms with van der Waals surface area (Å²) >= 11 is 0. The topological polar surface area (TPSA) is 29.6 Å². The molecule has 74 valence electrons. The molecule has 0 spiro atoms. The molecule has 0 aromatic rings. The van der Waals surface area contributed by atoms with E-state index in [1.807, 2.05) is 0 Å². The summed E-state index contributed by atoms with van der Waals surface area (Å²) in [6.45, 7) is 4.49. The fourth-order valence-electron chi connectivity index (χ4n) is 2.50. The third-order valence-corrected chi connectivity index (χ3v) is 3.80. The van der Waals surface area contributed by atoms with Crippen molar-refractivity contribution in [3.05, 3.63) is 0 Å². The number of hydrogen-bond acceptors (Lipinski definition) is 2. The average Bonchev–Trinajstić information content (AvgIpc) is 2.73. The quantitative estimate of drug-likeness (QED) is 0.495. The molecule has 3 unspecified atom stereocenters. The average molecular weight is 182 g/mol. The minimum absolute atomic E-state index is 0.209. The van der Waals surface area contributed by atoms with Crippen LogP contribution in [-0.2, 0) is 9.53 Å². The van der Waals surface area contributed by atoms with Crippen molar-refractivity contribution in [2.75, 3.05) is 0 Å². The lowest BCUT2D eigenvalue weighted by molar-refractivity contribution is -0.108. The molecule has 0 aromatic heterocycles. The fraction of sp³-hybridized carbons (Fsp3) is 0.909. The van der Waals surface area contributed by atoms with Crippen LogP contribution in [0.15, 0.2) is 0 Å². The van der Waals surface area contributed by atoms with E-state index < -0.39 is 0 Å². The monoisotopic (exact) mass is 182 g/mol. The molecule has 1 aliphatic carbocycles. The van der Waals surface area contributed by atoms with Crippen LogP contribution in [0.5, 0.6) is 0 Å². The lowest BCUT2D eigenvalue weighted by Crippen LogP contribution is -2.29. The Kier molecular flexibility index (Phi) is 1.99. The van der Waals surface area contributed by atoms with E-state index in [4.69, 9.17) is 4.74 Å². The first kappa shape index (κ1) is 9.20. The summed E-state index contributed by atoms with van der Waals surface area (Å²) in [5.74, 6) is 0. The van der Waals surface area contributed by atoms with Gasteiger partial charge in [-0.3, -0.25) is 0 Å². The molecule has 0 amide bonds. The zero-order valence-electron chi connectivity index (χ0n) is 8.51. The second kappa shape index (κ2) is 2.81. The highest BCUT2D eigenvalue weighted by molar-refractivity contribution is 5.49. The molecule has 1 aliphatic heterocycles. The zero-order chi connectivity index (χ0) is 9.53. The lowest BCUT2D eigenvalue weighted by Gasteiger charge is -2.33. The van der Waals surface area contributed by atoms with Crippen molar-refractivity contribution in [2.24, 2.45) is 5.41 Å². The van der Waals surface area contributed by atoms with Crippen molar-refractivity contribution in [3.8, 4) is 0 Å². The largest absolute Gasteiger partial charge is 0.366 e. The zero-order valence-corrected chi connectivity index (χ0v) is 8.51. The summed E-state index contributed by atoms with van der Waals surface area (Å²) in [5.41, 5.74) is 0.572. The number of hydrogen-bond donors (Lipinski definition) is 0. The number of epoxide rings is 1. The standard InChI is InChI=1S/C11H18O2/c1-10(4-3-7-12)5-6-11(2)9(8-10)13-11/h7,9H,3-6,8H2,1-2H3. The molecular weight excluding hydrogens is 164 g/mol. The molecule has 1 heterocycles. The molecule has 2 rings (SSSR count). The first-order chi connectivity index (χ1) is 6.08. The van der Waals surface area contributed by atoms with E-state index in [2.05, 4.69) is 13.8 Å². The van der Waals surface area contributed by atoms with Crippen molar-refractivity contribution in [1.82, 2.24) is 0 Å². The third kappa shape index (κ3) is 1.64. The van der Waals surface area contributed by atoms with Crippen LogP contribution < -0.4 is 0 Å². The molecule has 1 saturated heterocycles. The summed E-state index contributed by atoms with van der Waals surface area (Å²) in [4.78, 5) is 10.3. The van der Waals surface area contributed by atoms with Gasteiger partial charge in [-0.15, -0.1) is 0 Å². The van der Waals surface area contributed by atoms with Gasteiger partial charge in [0.2, 0.25) is 0 Å². The van der Waals surface area contributed by atoms with Gasteiger partial charge in [-0.2, -0.15) is 0 Å². The Labute approximate surface area is 79.7 Å². The van der Waals surface area contributed by atoms with Gasteiger partial charge in [0, 0.05) is 6.42 Å². The molecule has 0 bridgehead atoms. The first-order valence-corrected chi connectivity index (χ1v) is 5.19. The lowest BCUT2D eigenvalue weighted by atomic mass is 9.70. The minimum Gasteiger partial charge on any atom is -0.366 e. The van der Waals surface area contributed by atoms with E-state index in [1.54, 1.807) is 0 Å². The third-order valence-electron chi connectivity index (χ3n) is 3.80. The minimum atomic E-state index is 0.209. The Bertz CT molecular complexity index is 226. The number of carbonyl (C=O) groups excluding carboxylic acids is 1. The SMILES string of the molecule is CC1(CCC=O)CCC2(C)OC2C1. The van der Waals surface area contributed by atoms with Crippen LogP contribution in [0.25, 0.3) is 0 Å². The smallest absolute Gasteiger partial charge is 0.120 e. The second-order valence-electron chi connectivity index (χ2n) is 5.14. The highest BCUT2D eigenvalue weighted by Gasteiger charge is 2.57. The van der Waals surface area contributed by atoms with Gasteiger partial charge in [0.25, 0.3) is 0 Å². The molecule has 0 radical (unpaired) electrons. The molecule has 2 fully saturated rings. The van der Waals surface area contributed by atoms with Crippen LogP contribution in [-0.4, -0.2) is 18.0 Å². The Hall–Kier alpha value is -0.370. The van der Waals surface area contributed by atoms with E-state index >= 15 is 0 Å². The van der Waals surface area contributed by atoms with E-state index in [0.29, 0.717) is 17.9 Å². The molecular formula is C11H18O2. The van der Waals surface area contributed by atoms with Gasteiger partial charge < -0.3 is 9.53 Å². The molecule has 3 atom stereocenters. The van der Waals surface area contributed by atoms with Crippen molar-refractivity contribution in [1.29, 1.82) is 0 Å². The maximum atomic E-state index is 10.3. The van der Waals surface area contributed by atoms with Crippen molar-refractivity contribution < 1.29 is 9.53 Å². The summed E-state index contributed by atoms with van der Waals surface area (Å²) in [5, 5.41) is 0. The number of rotatable bonds is 3. The Balaban J connectivity index is 1.91. The van der Waals surface area contributed by atoms with Gasteiger partial charge in [0.15, 0.2) is 0 Å². The van der Waals surface area contributed by atoms with Crippen LogP contribution >= 0.6 is 0 Å². The number of ether oxygens (including phenoxy) is 1. The van der Waals surface area contributed by atoms with Crippen molar-refractivity contribution in [3.63, 3.8) is 0 Å². The van der Waals surface area contributed by atoms with Crippen LogP contribution in [0.2, 0.25) is 0 Å². The highest BCUT2D eigenvalue weighted by Crippen LogP contribution is 2.54. The van der Waals surface area contributed by atoms with Gasteiger partial charge in [-0.25, -0.2) is 0 Å². The summed E-state index contributed by atoms with van der Waals surface area (Å²) in [7, 11) is 0. The van der Waals surface area contributed by atoms with Crippen LogP contribution in [0.3, 0.4) is 0 Å². The van der Waals surface area contributed by atoms with Crippen LogP contribution in [0.4, 0.5) is 0 Å². The van der Waals surface area contributed by atoms with Crippen LogP contribution in [0.1, 0.15) is 46.0 Å². The molecule has 2 nitrogen and oxygen atoms in total. The molecule has 2 aliphatic rings. The van der Waals surface area contributed by atoms with E-state index in [9.17, 15) is 4.79 Å². The Morgan fingerprint density at radius 3 is 2.85 bits per heavy atom. The predicted molar refractivity (Wildman–Crippen MR) is 50.5 cm³/mol. The first-order valence-electron chi connectivity index (χ1n) is 5.19. The molecule has 13 heavy (non-hydrogen) atoms. The molecule has 1 saturated carbocycles. The van der Waals surface area contributed by atoms with E-state index in [0.717, 1.165) is 19.1 Å².